The highest BCUT2D eigenvalue weighted by atomic mass is 35.5. The van der Waals surface area contributed by atoms with E-state index in [1.54, 1.807) is 12.1 Å². The summed E-state index contributed by atoms with van der Waals surface area (Å²) in [4.78, 5) is 35.6. The van der Waals surface area contributed by atoms with Crippen LogP contribution in [0.15, 0.2) is 33.5 Å². The number of hydrogen-bond donors (Lipinski definition) is 1. The molecular formula is C17H18ClNO6. The lowest BCUT2D eigenvalue weighted by atomic mass is 10.1. The minimum absolute atomic E-state index is 0.101. The quantitative estimate of drug-likeness (QED) is 0.252. The van der Waals surface area contributed by atoms with Gasteiger partial charge in [-0.3, -0.25) is 9.59 Å². The van der Waals surface area contributed by atoms with Gasteiger partial charge in [0.05, 0.1) is 6.61 Å². The number of benzene rings is 1. The third-order valence-electron chi connectivity index (χ3n) is 3.29. The van der Waals surface area contributed by atoms with E-state index in [-0.39, 0.29) is 29.9 Å². The number of amides is 1. The Balaban J connectivity index is 2.18. The second kappa shape index (κ2) is 9.19. The van der Waals surface area contributed by atoms with Crippen molar-refractivity contribution in [3.05, 3.63) is 40.2 Å². The van der Waals surface area contributed by atoms with Gasteiger partial charge in [0.15, 0.2) is 0 Å². The van der Waals surface area contributed by atoms with E-state index < -0.39 is 17.5 Å². The number of hydrogen-bond acceptors (Lipinski definition) is 6. The van der Waals surface area contributed by atoms with Gasteiger partial charge in [-0.15, -0.1) is 11.6 Å². The van der Waals surface area contributed by atoms with E-state index in [1.807, 2.05) is 0 Å². The highest BCUT2D eigenvalue weighted by molar-refractivity contribution is 6.17. The summed E-state index contributed by atoms with van der Waals surface area (Å²) in [5.74, 6) is -0.329. The topological polar surface area (TPSA) is 94.8 Å². The lowest BCUT2D eigenvalue weighted by Gasteiger charge is -2.06. The van der Waals surface area contributed by atoms with Gasteiger partial charge in [0.2, 0.25) is 0 Å². The number of alkyl halides is 1. The molecule has 1 aromatic carbocycles. The van der Waals surface area contributed by atoms with E-state index in [1.165, 1.54) is 19.2 Å². The molecule has 0 saturated heterocycles. The van der Waals surface area contributed by atoms with Crippen LogP contribution in [0.5, 0.6) is 5.75 Å². The fraction of sp³-hybridized carbons (Fsp3) is 0.353. The number of halogens is 1. The SMILES string of the molecule is COCCNC(=O)c1cc2ccc(OC(=O)CCCCl)cc2oc1=O. The smallest absolute Gasteiger partial charge is 0.349 e. The Morgan fingerprint density at radius 1 is 1.28 bits per heavy atom. The Kier molecular flexibility index (Phi) is 6.97. The lowest BCUT2D eigenvalue weighted by Crippen LogP contribution is -2.30. The number of rotatable bonds is 8. The van der Waals surface area contributed by atoms with Gasteiger partial charge in [0.25, 0.3) is 5.91 Å². The molecule has 0 saturated carbocycles. The second-order valence-electron chi connectivity index (χ2n) is 5.16. The van der Waals surface area contributed by atoms with Gasteiger partial charge in [0, 0.05) is 37.4 Å². The molecule has 0 aliphatic carbocycles. The summed E-state index contributed by atoms with van der Waals surface area (Å²) in [5.41, 5.74) is -0.649. The van der Waals surface area contributed by atoms with Crippen LogP contribution in [0.2, 0.25) is 0 Å². The van der Waals surface area contributed by atoms with Gasteiger partial charge in [0.1, 0.15) is 16.9 Å². The maximum atomic E-state index is 12.0. The van der Waals surface area contributed by atoms with Crippen molar-refractivity contribution >= 4 is 34.4 Å². The maximum Gasteiger partial charge on any atom is 0.349 e. The first-order chi connectivity index (χ1) is 12.0. The normalized spacial score (nSPS) is 10.6. The van der Waals surface area contributed by atoms with Gasteiger partial charge in [-0.1, -0.05) is 0 Å². The zero-order chi connectivity index (χ0) is 18.2. The second-order valence-corrected chi connectivity index (χ2v) is 5.54. The highest BCUT2D eigenvalue weighted by Gasteiger charge is 2.14. The molecule has 1 aromatic heterocycles. The van der Waals surface area contributed by atoms with Crippen molar-refractivity contribution in [3.63, 3.8) is 0 Å². The van der Waals surface area contributed by atoms with Gasteiger partial charge >= 0.3 is 11.6 Å². The molecule has 7 nitrogen and oxygen atoms in total. The van der Waals surface area contributed by atoms with E-state index in [4.69, 9.17) is 25.5 Å². The molecule has 0 aliphatic heterocycles. The number of nitrogens with one attached hydrogen (secondary N) is 1. The number of methoxy groups -OCH3 is 1. The molecule has 0 atom stereocenters. The van der Waals surface area contributed by atoms with Crippen molar-refractivity contribution < 1.29 is 23.5 Å². The van der Waals surface area contributed by atoms with E-state index in [0.717, 1.165) is 0 Å². The predicted octanol–water partition coefficient (Wildman–Crippen LogP) is 2.09. The fourth-order valence-corrected chi connectivity index (χ4v) is 2.20. The molecule has 0 radical (unpaired) electrons. The zero-order valence-corrected chi connectivity index (χ0v) is 14.4. The summed E-state index contributed by atoms with van der Waals surface area (Å²) in [5, 5.41) is 3.10. The molecule has 0 fully saturated rings. The molecule has 2 rings (SSSR count). The van der Waals surface area contributed by atoms with Crippen molar-refractivity contribution in [1.82, 2.24) is 5.32 Å². The van der Waals surface area contributed by atoms with Crippen LogP contribution in [-0.4, -0.2) is 38.0 Å². The first-order valence-corrected chi connectivity index (χ1v) is 8.20. The molecular weight excluding hydrogens is 350 g/mol. The van der Waals surface area contributed by atoms with Gasteiger partial charge in [-0.2, -0.15) is 0 Å². The molecule has 8 heteroatoms. The Morgan fingerprint density at radius 3 is 2.80 bits per heavy atom. The summed E-state index contributed by atoms with van der Waals surface area (Å²) in [6.45, 7) is 0.618. The molecule has 1 amide bonds. The van der Waals surface area contributed by atoms with Gasteiger partial charge < -0.3 is 19.2 Å². The summed E-state index contributed by atoms with van der Waals surface area (Å²) in [6, 6.07) is 6.03. The Labute approximate surface area is 148 Å². The molecule has 25 heavy (non-hydrogen) atoms. The van der Waals surface area contributed by atoms with Crippen LogP contribution in [0.25, 0.3) is 11.0 Å². The number of fused-ring (bicyclic) bond motifs is 1. The van der Waals surface area contributed by atoms with E-state index >= 15 is 0 Å². The number of carbonyl (C=O) groups is 2. The number of carbonyl (C=O) groups excluding carboxylic acids is 2. The van der Waals surface area contributed by atoms with Crippen LogP contribution in [0.3, 0.4) is 0 Å². The van der Waals surface area contributed by atoms with E-state index in [0.29, 0.717) is 24.3 Å². The molecule has 2 aromatic rings. The molecule has 0 aliphatic rings. The third-order valence-corrected chi connectivity index (χ3v) is 3.56. The van der Waals surface area contributed by atoms with Crippen molar-refractivity contribution in [2.24, 2.45) is 0 Å². The van der Waals surface area contributed by atoms with E-state index in [2.05, 4.69) is 5.32 Å². The Hall–Kier alpha value is -2.38. The minimum atomic E-state index is -0.770. The van der Waals surface area contributed by atoms with Gasteiger partial charge in [-0.05, 0) is 24.6 Å². The standard InChI is InChI=1S/C17H18ClNO6/c1-23-8-7-19-16(21)13-9-11-4-5-12(10-14(11)25-17(13)22)24-15(20)3-2-6-18/h4-5,9-10H,2-3,6-8H2,1H3,(H,19,21). The lowest BCUT2D eigenvalue weighted by molar-refractivity contribution is -0.134. The molecule has 0 unspecified atom stereocenters. The number of ether oxygens (including phenoxy) is 2. The highest BCUT2D eigenvalue weighted by Crippen LogP contribution is 2.21. The molecule has 0 bridgehead atoms. The summed E-state index contributed by atoms with van der Waals surface area (Å²) < 4.78 is 15.2. The van der Waals surface area contributed by atoms with Crippen molar-refractivity contribution in [3.8, 4) is 5.75 Å². The first-order valence-electron chi connectivity index (χ1n) is 7.67. The summed E-state index contributed by atoms with van der Waals surface area (Å²) >= 11 is 5.53. The number of esters is 1. The summed E-state index contributed by atoms with van der Waals surface area (Å²) in [7, 11) is 1.51. The minimum Gasteiger partial charge on any atom is -0.426 e. The van der Waals surface area contributed by atoms with Crippen LogP contribution in [0, 0.1) is 0 Å². The van der Waals surface area contributed by atoms with E-state index in [9.17, 15) is 14.4 Å². The van der Waals surface area contributed by atoms with Crippen LogP contribution in [0.1, 0.15) is 23.2 Å². The Bertz CT molecular complexity index is 816. The van der Waals surface area contributed by atoms with Gasteiger partial charge in [-0.25, -0.2) is 4.79 Å². The monoisotopic (exact) mass is 367 g/mol. The Morgan fingerprint density at radius 2 is 2.08 bits per heavy atom. The van der Waals surface area contributed by atoms with Crippen molar-refractivity contribution in [2.75, 3.05) is 26.1 Å². The molecule has 134 valence electrons. The van der Waals surface area contributed by atoms with Crippen molar-refractivity contribution in [2.45, 2.75) is 12.8 Å². The molecule has 1 N–H and O–H groups in total. The largest absolute Gasteiger partial charge is 0.426 e. The zero-order valence-electron chi connectivity index (χ0n) is 13.7. The molecule has 1 heterocycles. The van der Waals surface area contributed by atoms with Crippen molar-refractivity contribution in [1.29, 1.82) is 0 Å². The fourth-order valence-electron chi connectivity index (χ4n) is 2.07. The maximum absolute atomic E-state index is 12.0. The van der Waals surface area contributed by atoms with Crippen LogP contribution >= 0.6 is 11.6 Å². The van der Waals surface area contributed by atoms with Crippen LogP contribution < -0.4 is 15.7 Å². The first kappa shape index (κ1) is 19.0. The average molecular weight is 368 g/mol. The van der Waals surface area contributed by atoms with Crippen LogP contribution in [-0.2, 0) is 9.53 Å². The van der Waals surface area contributed by atoms with Crippen LogP contribution in [0.4, 0.5) is 0 Å². The average Bonchev–Trinajstić information content (AvgIpc) is 2.59. The molecule has 0 spiro atoms. The predicted molar refractivity (Wildman–Crippen MR) is 92.3 cm³/mol. The third kappa shape index (κ3) is 5.30. The summed E-state index contributed by atoms with van der Waals surface area (Å²) in [6.07, 6.45) is 0.719.